The predicted octanol–water partition coefficient (Wildman–Crippen LogP) is 0.748. The summed E-state index contributed by atoms with van der Waals surface area (Å²) >= 11 is 0. The lowest BCUT2D eigenvalue weighted by Gasteiger charge is -2.49. The second kappa shape index (κ2) is 4.91. The van der Waals surface area contributed by atoms with Crippen molar-refractivity contribution in [1.29, 1.82) is 0 Å². The molecule has 2 atom stereocenters. The van der Waals surface area contributed by atoms with E-state index in [-0.39, 0.29) is 28.1 Å². The first-order valence-corrected chi connectivity index (χ1v) is 7.94. The number of anilines is 2. The molecule has 1 aliphatic carbocycles. The van der Waals surface area contributed by atoms with Gasteiger partial charge in [-0.3, -0.25) is 0 Å². The molecule has 0 amide bonds. The van der Waals surface area contributed by atoms with Crippen molar-refractivity contribution in [3.63, 3.8) is 0 Å². The molecule has 0 bridgehead atoms. The summed E-state index contributed by atoms with van der Waals surface area (Å²) in [5.74, 6) is 0. The molecule has 112 valence electrons. The van der Waals surface area contributed by atoms with Crippen LogP contribution in [0.3, 0.4) is 0 Å². The van der Waals surface area contributed by atoms with Gasteiger partial charge in [-0.15, -0.1) is 0 Å². The Hall–Kier alpha value is -1.31. The third kappa shape index (κ3) is 2.48. The van der Waals surface area contributed by atoms with Gasteiger partial charge in [-0.05, 0) is 31.7 Å². The number of sulfonamides is 1. The van der Waals surface area contributed by atoms with Gasteiger partial charge in [0.05, 0.1) is 11.8 Å². The molecule has 0 radical (unpaired) electrons. The van der Waals surface area contributed by atoms with Gasteiger partial charge in [0.25, 0.3) is 0 Å². The van der Waals surface area contributed by atoms with Gasteiger partial charge in [-0.1, -0.05) is 13.8 Å². The molecule has 1 saturated carbocycles. The van der Waals surface area contributed by atoms with E-state index in [1.807, 2.05) is 13.8 Å². The molecule has 1 aromatic rings. The van der Waals surface area contributed by atoms with E-state index in [9.17, 15) is 13.5 Å². The molecule has 1 fully saturated rings. The first kappa shape index (κ1) is 15.1. The molecule has 0 aliphatic heterocycles. The Morgan fingerprint density at radius 1 is 1.40 bits per heavy atom. The van der Waals surface area contributed by atoms with Crippen molar-refractivity contribution in [3.05, 3.63) is 18.2 Å². The maximum absolute atomic E-state index is 11.7. The third-order valence-corrected chi connectivity index (χ3v) is 5.61. The number of hydrogen-bond donors (Lipinski definition) is 4. The van der Waals surface area contributed by atoms with E-state index in [1.54, 1.807) is 12.1 Å². The standard InChI is InChI=1S/C13H21N3O3S/c1-13(2)11(7-12(13)17)16-8-4-5-10(9(14)6-8)20(18,19)15-3/h4-6,11-12,15-17H,7,14H2,1-3H3. The predicted molar refractivity (Wildman–Crippen MR) is 78.9 cm³/mol. The molecule has 6 nitrogen and oxygen atoms in total. The molecule has 5 N–H and O–H groups in total. The fourth-order valence-electron chi connectivity index (χ4n) is 2.34. The molecule has 2 unspecified atom stereocenters. The molecule has 2 rings (SSSR count). The van der Waals surface area contributed by atoms with Crippen molar-refractivity contribution in [1.82, 2.24) is 4.72 Å². The quantitative estimate of drug-likeness (QED) is 0.614. The van der Waals surface area contributed by atoms with E-state index in [4.69, 9.17) is 5.73 Å². The minimum absolute atomic E-state index is 0.0680. The summed E-state index contributed by atoms with van der Waals surface area (Å²) < 4.78 is 25.7. The van der Waals surface area contributed by atoms with E-state index in [1.165, 1.54) is 13.1 Å². The van der Waals surface area contributed by atoms with E-state index in [2.05, 4.69) is 10.0 Å². The second-order valence-electron chi connectivity index (χ2n) is 5.73. The topological polar surface area (TPSA) is 104 Å². The molecule has 0 spiro atoms. The van der Waals surface area contributed by atoms with Gasteiger partial charge >= 0.3 is 0 Å². The zero-order valence-electron chi connectivity index (χ0n) is 11.8. The number of nitrogen functional groups attached to an aromatic ring is 1. The van der Waals surface area contributed by atoms with Gasteiger partial charge in [-0.2, -0.15) is 0 Å². The fourth-order valence-corrected chi connectivity index (χ4v) is 3.18. The van der Waals surface area contributed by atoms with Crippen molar-refractivity contribution < 1.29 is 13.5 Å². The van der Waals surface area contributed by atoms with Gasteiger partial charge in [0.15, 0.2) is 0 Å². The van der Waals surface area contributed by atoms with E-state index in [0.29, 0.717) is 6.42 Å². The lowest BCUT2D eigenvalue weighted by molar-refractivity contribution is -0.0510. The fraction of sp³-hybridized carbons (Fsp3) is 0.538. The largest absolute Gasteiger partial charge is 0.398 e. The summed E-state index contributed by atoms with van der Waals surface area (Å²) in [5.41, 5.74) is 6.55. The summed E-state index contributed by atoms with van der Waals surface area (Å²) in [7, 11) is -2.19. The average Bonchev–Trinajstić information content (AvgIpc) is 2.38. The van der Waals surface area contributed by atoms with Crippen LogP contribution in [0.5, 0.6) is 0 Å². The Morgan fingerprint density at radius 2 is 2.05 bits per heavy atom. The van der Waals surface area contributed by atoms with Crippen molar-refractivity contribution in [2.75, 3.05) is 18.1 Å². The minimum atomic E-state index is -3.54. The van der Waals surface area contributed by atoms with Gasteiger partial charge in [0.1, 0.15) is 4.90 Å². The van der Waals surface area contributed by atoms with Crippen molar-refractivity contribution in [3.8, 4) is 0 Å². The van der Waals surface area contributed by atoms with Crippen LogP contribution in [0.1, 0.15) is 20.3 Å². The maximum atomic E-state index is 11.7. The number of nitrogens with one attached hydrogen (secondary N) is 2. The first-order chi connectivity index (χ1) is 9.18. The van der Waals surface area contributed by atoms with Gasteiger partial charge < -0.3 is 16.2 Å². The summed E-state index contributed by atoms with van der Waals surface area (Å²) in [6, 6.07) is 4.90. The molecule has 0 heterocycles. The number of aliphatic hydroxyl groups is 1. The monoisotopic (exact) mass is 299 g/mol. The summed E-state index contributed by atoms with van der Waals surface area (Å²) in [6.07, 6.45) is 0.352. The third-order valence-electron chi connectivity index (χ3n) is 4.12. The highest BCUT2D eigenvalue weighted by Crippen LogP contribution is 2.42. The zero-order chi connectivity index (χ0) is 15.1. The van der Waals surface area contributed by atoms with Crippen molar-refractivity contribution >= 4 is 21.4 Å². The Morgan fingerprint density at radius 3 is 2.50 bits per heavy atom. The molecule has 7 heteroatoms. The SMILES string of the molecule is CNS(=O)(=O)c1ccc(NC2CC(O)C2(C)C)cc1N. The highest BCUT2D eigenvalue weighted by atomic mass is 32.2. The van der Waals surface area contributed by atoms with Crippen LogP contribution in [0, 0.1) is 5.41 Å². The molecular formula is C13H21N3O3S. The van der Waals surface area contributed by atoms with Crippen molar-refractivity contribution in [2.24, 2.45) is 5.41 Å². The molecule has 1 aliphatic rings. The van der Waals surface area contributed by atoms with Crippen molar-refractivity contribution in [2.45, 2.75) is 37.3 Å². The van der Waals surface area contributed by atoms with Crippen LogP contribution < -0.4 is 15.8 Å². The average molecular weight is 299 g/mol. The summed E-state index contributed by atoms with van der Waals surface area (Å²) in [5, 5.41) is 13.0. The smallest absolute Gasteiger partial charge is 0.242 e. The minimum Gasteiger partial charge on any atom is -0.398 e. The number of benzene rings is 1. The van der Waals surface area contributed by atoms with Crippen LogP contribution in [0.4, 0.5) is 11.4 Å². The first-order valence-electron chi connectivity index (χ1n) is 6.46. The summed E-state index contributed by atoms with van der Waals surface area (Å²) in [4.78, 5) is 0.0680. The molecule has 0 saturated heterocycles. The van der Waals surface area contributed by atoms with Crippen LogP contribution in [-0.2, 0) is 10.0 Å². The normalized spacial score (nSPS) is 25.0. The van der Waals surface area contributed by atoms with Crippen LogP contribution in [0.2, 0.25) is 0 Å². The number of rotatable bonds is 4. The number of aliphatic hydroxyl groups excluding tert-OH is 1. The Bertz CT molecular complexity index is 613. The van der Waals surface area contributed by atoms with E-state index < -0.39 is 10.0 Å². The zero-order valence-corrected chi connectivity index (χ0v) is 12.7. The highest BCUT2D eigenvalue weighted by Gasteiger charge is 2.47. The van der Waals surface area contributed by atoms with Gasteiger partial charge in [0.2, 0.25) is 10.0 Å². The summed E-state index contributed by atoms with van der Waals surface area (Å²) in [6.45, 7) is 3.98. The second-order valence-corrected chi connectivity index (χ2v) is 7.58. The van der Waals surface area contributed by atoms with E-state index in [0.717, 1.165) is 5.69 Å². The van der Waals surface area contributed by atoms with E-state index >= 15 is 0 Å². The van der Waals surface area contributed by atoms with Crippen LogP contribution in [0.15, 0.2) is 23.1 Å². The highest BCUT2D eigenvalue weighted by molar-refractivity contribution is 7.89. The Balaban J connectivity index is 2.19. The van der Waals surface area contributed by atoms with Crippen LogP contribution in [-0.4, -0.2) is 32.7 Å². The number of hydrogen-bond acceptors (Lipinski definition) is 5. The number of nitrogens with two attached hydrogens (primary N) is 1. The Kier molecular flexibility index (Phi) is 3.70. The maximum Gasteiger partial charge on any atom is 0.242 e. The lowest BCUT2D eigenvalue weighted by Crippen LogP contribution is -2.56. The van der Waals surface area contributed by atoms with Crippen LogP contribution >= 0.6 is 0 Å². The van der Waals surface area contributed by atoms with Gasteiger partial charge in [0, 0.05) is 17.1 Å². The molecular weight excluding hydrogens is 278 g/mol. The molecule has 0 aromatic heterocycles. The van der Waals surface area contributed by atoms with Gasteiger partial charge in [-0.25, -0.2) is 13.1 Å². The lowest BCUT2D eigenvalue weighted by atomic mass is 9.64. The van der Waals surface area contributed by atoms with Crippen LogP contribution in [0.25, 0.3) is 0 Å². The molecule has 20 heavy (non-hydrogen) atoms. The molecule has 1 aromatic carbocycles. The Labute approximate surface area is 119 Å².